The minimum absolute atomic E-state index is 0.118. The van der Waals surface area contributed by atoms with E-state index >= 15 is 0 Å². The highest BCUT2D eigenvalue weighted by molar-refractivity contribution is 8.01. The first-order valence-corrected chi connectivity index (χ1v) is 9.80. The van der Waals surface area contributed by atoms with Gasteiger partial charge in [-0.25, -0.2) is 4.98 Å². The van der Waals surface area contributed by atoms with Crippen LogP contribution in [0.1, 0.15) is 6.92 Å². The summed E-state index contributed by atoms with van der Waals surface area (Å²) in [6.45, 7) is 1.83. The topological polar surface area (TPSA) is 66.5 Å². The molecule has 1 amide bonds. The van der Waals surface area contributed by atoms with Crippen LogP contribution in [0.2, 0.25) is 10.0 Å². The van der Waals surface area contributed by atoms with E-state index in [4.69, 9.17) is 27.9 Å². The number of carbonyl (C=O) groups excluding carboxylic acids is 1. The van der Waals surface area contributed by atoms with E-state index in [2.05, 4.69) is 15.6 Å². The van der Waals surface area contributed by atoms with Crippen LogP contribution in [-0.4, -0.2) is 28.7 Å². The molecule has 2 unspecified atom stereocenters. The molecule has 0 saturated carbocycles. The predicted octanol–water partition coefficient (Wildman–Crippen LogP) is 4.32. The van der Waals surface area contributed by atoms with Crippen LogP contribution in [0.4, 0.5) is 11.5 Å². The number of hydrogen-bond donors (Lipinski definition) is 2. The van der Waals surface area contributed by atoms with Crippen LogP contribution in [0.3, 0.4) is 0 Å². The molecule has 2 atom stereocenters. The summed E-state index contributed by atoms with van der Waals surface area (Å²) in [6.07, 6.45) is 5.22. The Morgan fingerprint density at radius 2 is 2.11 bits per heavy atom. The third-order valence-electron chi connectivity index (χ3n) is 3.85. The van der Waals surface area contributed by atoms with E-state index in [1.807, 2.05) is 48.5 Å². The Morgan fingerprint density at radius 1 is 1.37 bits per heavy atom. The summed E-state index contributed by atoms with van der Waals surface area (Å²) in [5.41, 5.74) is 0.873. The van der Waals surface area contributed by atoms with Crippen LogP contribution in [-0.2, 0) is 4.79 Å². The van der Waals surface area contributed by atoms with Gasteiger partial charge in [-0.1, -0.05) is 23.2 Å². The maximum absolute atomic E-state index is 12.5. The Kier molecular flexibility index (Phi) is 6.36. The lowest BCUT2D eigenvalue weighted by Gasteiger charge is -2.27. The van der Waals surface area contributed by atoms with E-state index in [1.54, 1.807) is 7.11 Å². The minimum atomic E-state index is -0.350. The molecular weight excluding hydrogens is 407 g/mol. The number of nitrogens with one attached hydrogen (secondary N) is 2. The lowest BCUT2D eigenvalue weighted by atomic mass is 10.3. The van der Waals surface area contributed by atoms with E-state index in [0.29, 0.717) is 15.9 Å². The molecule has 9 heteroatoms. The number of amides is 1. The fourth-order valence-corrected chi connectivity index (χ4v) is 3.90. The summed E-state index contributed by atoms with van der Waals surface area (Å²) in [5.74, 6) is 0.891. The van der Waals surface area contributed by atoms with Gasteiger partial charge in [-0.2, -0.15) is 0 Å². The van der Waals surface area contributed by atoms with Gasteiger partial charge in [-0.15, -0.1) is 11.8 Å². The smallest absolute Gasteiger partial charge is 0.238 e. The molecule has 142 valence electrons. The number of benzene rings is 1. The molecule has 27 heavy (non-hydrogen) atoms. The van der Waals surface area contributed by atoms with E-state index in [-0.39, 0.29) is 16.7 Å². The molecule has 2 N–H and O–H groups in total. The zero-order valence-corrected chi connectivity index (χ0v) is 17.0. The third kappa shape index (κ3) is 4.80. The van der Waals surface area contributed by atoms with Crippen molar-refractivity contribution in [3.05, 3.63) is 59.0 Å². The van der Waals surface area contributed by atoms with Crippen molar-refractivity contribution in [3.8, 4) is 5.75 Å². The average molecular weight is 425 g/mol. The number of anilines is 2. The number of halogens is 2. The van der Waals surface area contributed by atoms with E-state index < -0.39 is 0 Å². The molecule has 2 heterocycles. The number of ether oxygens (including phenoxy) is 1. The van der Waals surface area contributed by atoms with E-state index in [0.717, 1.165) is 11.4 Å². The quantitative estimate of drug-likeness (QED) is 0.719. The fraction of sp³-hybridized carbons (Fsp3) is 0.222. The Labute approximate surface area is 171 Å². The second kappa shape index (κ2) is 8.73. The molecule has 6 nitrogen and oxygen atoms in total. The molecule has 1 aliphatic rings. The van der Waals surface area contributed by atoms with Crippen molar-refractivity contribution >= 4 is 52.4 Å². The first-order valence-electron chi connectivity index (χ1n) is 8.10. The first-order chi connectivity index (χ1) is 13.0. The number of methoxy groups -OCH3 is 1. The normalized spacial score (nSPS) is 16.7. The Hall–Kier alpha value is -2.09. The van der Waals surface area contributed by atoms with Gasteiger partial charge in [0.05, 0.1) is 22.4 Å². The van der Waals surface area contributed by atoms with Crippen LogP contribution in [0.25, 0.3) is 0 Å². The average Bonchev–Trinajstić information content (AvgIpc) is 3.12. The van der Waals surface area contributed by atoms with Crippen molar-refractivity contribution in [3.63, 3.8) is 0 Å². The molecule has 1 aromatic carbocycles. The van der Waals surface area contributed by atoms with Crippen LogP contribution in [0, 0.1) is 0 Å². The summed E-state index contributed by atoms with van der Waals surface area (Å²) < 4.78 is 5.19. The Bertz CT molecular complexity index is 848. The van der Waals surface area contributed by atoms with Gasteiger partial charge in [0.15, 0.2) is 11.3 Å². The van der Waals surface area contributed by atoms with E-state index in [1.165, 1.54) is 24.0 Å². The van der Waals surface area contributed by atoms with E-state index in [9.17, 15) is 4.79 Å². The van der Waals surface area contributed by atoms with Gasteiger partial charge >= 0.3 is 0 Å². The highest BCUT2D eigenvalue weighted by atomic mass is 35.5. The van der Waals surface area contributed by atoms with Crippen molar-refractivity contribution in [1.29, 1.82) is 0 Å². The second-order valence-electron chi connectivity index (χ2n) is 5.69. The molecule has 0 spiro atoms. The minimum Gasteiger partial charge on any atom is -0.497 e. The fourth-order valence-electron chi connectivity index (χ4n) is 2.42. The number of nitrogens with zero attached hydrogens (tertiary/aromatic N) is 2. The molecule has 0 bridgehead atoms. The van der Waals surface area contributed by atoms with Gasteiger partial charge < -0.3 is 20.3 Å². The summed E-state index contributed by atoms with van der Waals surface area (Å²) >= 11 is 13.4. The second-order valence-corrected chi connectivity index (χ2v) is 7.96. The van der Waals surface area contributed by atoms with Gasteiger partial charge in [0, 0.05) is 24.3 Å². The predicted molar refractivity (Wildman–Crippen MR) is 111 cm³/mol. The number of carbonyl (C=O) groups is 1. The standard InChI is InChI=1S/C18H18Cl2N4O2S/c1-11(17(25)23-16-15(20)9-12(19)10-22-16)27-18-21-7-8-24(18)13-3-5-14(26-2)6-4-13/h3-11,18,21H,1-2H3,(H,22,23,25). The number of pyridine rings is 1. The van der Waals surface area contributed by atoms with Crippen molar-refractivity contribution in [2.24, 2.45) is 0 Å². The number of rotatable bonds is 6. The molecule has 0 saturated heterocycles. The van der Waals surface area contributed by atoms with Crippen molar-refractivity contribution < 1.29 is 9.53 Å². The SMILES string of the molecule is COc1ccc(N2C=CNC2SC(C)C(=O)Nc2ncc(Cl)cc2Cl)cc1. The van der Waals surface area contributed by atoms with Gasteiger partial charge in [-0.05, 0) is 37.3 Å². The lowest BCUT2D eigenvalue weighted by molar-refractivity contribution is -0.115. The zero-order chi connectivity index (χ0) is 19.4. The molecule has 2 aromatic rings. The molecule has 0 fully saturated rings. The number of hydrogen-bond acceptors (Lipinski definition) is 6. The Morgan fingerprint density at radius 3 is 2.78 bits per heavy atom. The van der Waals surface area contributed by atoms with Crippen LogP contribution in [0.5, 0.6) is 5.75 Å². The lowest BCUT2D eigenvalue weighted by Crippen LogP contribution is -2.36. The monoisotopic (exact) mass is 424 g/mol. The Balaban J connectivity index is 1.63. The zero-order valence-electron chi connectivity index (χ0n) is 14.6. The summed E-state index contributed by atoms with van der Waals surface area (Å²) in [5, 5.41) is 6.34. The van der Waals surface area contributed by atoms with Gasteiger partial charge in [0.25, 0.3) is 0 Å². The summed E-state index contributed by atoms with van der Waals surface area (Å²) in [4.78, 5) is 18.6. The summed E-state index contributed by atoms with van der Waals surface area (Å²) in [6, 6.07) is 9.26. The molecule has 1 aliphatic heterocycles. The van der Waals surface area contributed by atoms with Crippen molar-refractivity contribution in [2.75, 3.05) is 17.3 Å². The van der Waals surface area contributed by atoms with Crippen molar-refractivity contribution in [1.82, 2.24) is 10.3 Å². The maximum atomic E-state index is 12.5. The van der Waals surface area contributed by atoms with Crippen LogP contribution in [0.15, 0.2) is 48.9 Å². The van der Waals surface area contributed by atoms with Gasteiger partial charge in [-0.3, -0.25) is 4.79 Å². The molecule has 1 aromatic heterocycles. The maximum Gasteiger partial charge on any atom is 0.238 e. The molecular formula is C18H18Cl2N4O2S. The molecule has 0 aliphatic carbocycles. The first kappa shape index (κ1) is 19.7. The summed E-state index contributed by atoms with van der Waals surface area (Å²) in [7, 11) is 1.63. The van der Waals surface area contributed by atoms with Crippen molar-refractivity contribution in [2.45, 2.75) is 17.7 Å². The highest BCUT2D eigenvalue weighted by Crippen LogP contribution is 2.30. The van der Waals surface area contributed by atoms with Gasteiger partial charge in [0.1, 0.15) is 5.75 Å². The van der Waals surface area contributed by atoms with Gasteiger partial charge in [0.2, 0.25) is 5.91 Å². The van der Waals surface area contributed by atoms with Crippen LogP contribution >= 0.6 is 35.0 Å². The third-order valence-corrected chi connectivity index (χ3v) is 5.59. The number of aromatic nitrogens is 1. The van der Waals surface area contributed by atoms with Crippen LogP contribution < -0.4 is 20.3 Å². The molecule has 3 rings (SSSR count). The highest BCUT2D eigenvalue weighted by Gasteiger charge is 2.26. The largest absolute Gasteiger partial charge is 0.497 e. The molecule has 0 radical (unpaired) electrons. The number of thioether (sulfide) groups is 1.